The van der Waals surface area contributed by atoms with Crippen LogP contribution < -0.4 is 10.5 Å². The fourth-order valence-corrected chi connectivity index (χ4v) is 2.58. The van der Waals surface area contributed by atoms with E-state index in [-0.39, 0.29) is 28.7 Å². The highest BCUT2D eigenvalue weighted by molar-refractivity contribution is 6.19. The smallest absolute Gasteiger partial charge is 0.338 e. The molecule has 7 heteroatoms. The quantitative estimate of drug-likeness (QED) is 0.669. The molecular formula is C16H15ClN2O4. The molecule has 0 amide bonds. The first kappa shape index (κ1) is 16.7. The number of benzene rings is 1. The molecule has 2 N–H and O–H groups in total. The summed E-state index contributed by atoms with van der Waals surface area (Å²) in [5.41, 5.74) is 6.78. The number of hydrogen-bond acceptors (Lipinski definition) is 6. The van der Waals surface area contributed by atoms with Crippen molar-refractivity contribution >= 4 is 17.6 Å². The van der Waals surface area contributed by atoms with Crippen LogP contribution in [0.15, 0.2) is 47.1 Å². The first-order chi connectivity index (χ1) is 11.1. The van der Waals surface area contributed by atoms with Crippen LogP contribution in [0.4, 0.5) is 0 Å². The van der Waals surface area contributed by atoms with Crippen LogP contribution in [0.3, 0.4) is 0 Å². The van der Waals surface area contributed by atoms with Gasteiger partial charge in [0.25, 0.3) is 0 Å². The van der Waals surface area contributed by atoms with Crippen LogP contribution in [0.1, 0.15) is 11.5 Å². The SMILES string of the molecule is COC(=O)C1=C(CCl)OC(N)=C(C#N)[C@H]1c1ccc(OC)cc1. The Bertz CT molecular complexity index is 717. The number of nitrogens with zero attached hydrogens (tertiary/aromatic N) is 1. The van der Waals surface area contributed by atoms with Crippen molar-refractivity contribution in [3.05, 3.63) is 52.6 Å². The van der Waals surface area contributed by atoms with Crippen LogP contribution in [0.25, 0.3) is 0 Å². The number of carbonyl (C=O) groups is 1. The van der Waals surface area contributed by atoms with Crippen molar-refractivity contribution in [2.75, 3.05) is 20.1 Å². The number of esters is 1. The van der Waals surface area contributed by atoms with E-state index >= 15 is 0 Å². The first-order valence-electron chi connectivity index (χ1n) is 6.66. The number of halogens is 1. The maximum absolute atomic E-state index is 12.2. The lowest BCUT2D eigenvalue weighted by atomic mass is 9.83. The van der Waals surface area contributed by atoms with Gasteiger partial charge in [-0.15, -0.1) is 11.6 Å². The van der Waals surface area contributed by atoms with E-state index in [9.17, 15) is 10.1 Å². The maximum atomic E-state index is 12.2. The molecule has 0 radical (unpaired) electrons. The minimum atomic E-state index is -0.708. The molecule has 6 nitrogen and oxygen atoms in total. The van der Waals surface area contributed by atoms with Crippen LogP contribution in [0.5, 0.6) is 5.75 Å². The van der Waals surface area contributed by atoms with Gasteiger partial charge in [0.2, 0.25) is 5.88 Å². The molecule has 0 fully saturated rings. The van der Waals surface area contributed by atoms with E-state index in [4.69, 9.17) is 31.5 Å². The van der Waals surface area contributed by atoms with E-state index in [1.807, 2.05) is 6.07 Å². The van der Waals surface area contributed by atoms with Crippen LogP contribution in [-0.4, -0.2) is 26.1 Å². The van der Waals surface area contributed by atoms with Crippen molar-refractivity contribution in [3.8, 4) is 11.8 Å². The van der Waals surface area contributed by atoms with E-state index in [1.165, 1.54) is 7.11 Å². The third kappa shape index (κ3) is 3.10. The Morgan fingerprint density at radius 2 is 2.04 bits per heavy atom. The summed E-state index contributed by atoms with van der Waals surface area (Å²) in [6.45, 7) is 0. The van der Waals surface area contributed by atoms with Crippen LogP contribution in [-0.2, 0) is 14.3 Å². The monoisotopic (exact) mass is 334 g/mol. The van der Waals surface area contributed by atoms with Crippen LogP contribution in [0.2, 0.25) is 0 Å². The summed E-state index contributed by atoms with van der Waals surface area (Å²) in [7, 11) is 2.80. The zero-order valence-corrected chi connectivity index (χ0v) is 13.4. The van der Waals surface area contributed by atoms with Gasteiger partial charge in [-0.05, 0) is 17.7 Å². The summed E-state index contributed by atoms with van der Waals surface area (Å²) in [6.07, 6.45) is 0. The summed E-state index contributed by atoms with van der Waals surface area (Å²) in [6, 6.07) is 8.94. The molecule has 1 aliphatic rings. The Morgan fingerprint density at radius 3 is 2.52 bits per heavy atom. The highest BCUT2D eigenvalue weighted by Gasteiger charge is 2.37. The van der Waals surface area contributed by atoms with Crippen molar-refractivity contribution in [1.82, 2.24) is 0 Å². The number of allylic oxidation sites excluding steroid dienone is 2. The molecule has 23 heavy (non-hydrogen) atoms. The second kappa shape index (κ2) is 7.07. The normalized spacial score (nSPS) is 17.4. The summed E-state index contributed by atoms with van der Waals surface area (Å²) >= 11 is 5.86. The second-order valence-electron chi connectivity index (χ2n) is 4.66. The molecule has 0 bridgehead atoms. The molecule has 0 aliphatic carbocycles. The van der Waals surface area contributed by atoms with Gasteiger partial charge in [-0.25, -0.2) is 4.79 Å². The highest BCUT2D eigenvalue weighted by atomic mass is 35.5. The second-order valence-corrected chi connectivity index (χ2v) is 4.93. The largest absolute Gasteiger partial charge is 0.497 e. The standard InChI is InChI=1S/C16H15ClN2O4/c1-21-10-5-3-9(4-6-10)13-11(8-18)15(19)23-12(7-17)14(13)16(20)22-2/h3-6,13H,7,19H2,1-2H3/t13-/m1/s1. The molecule has 0 spiro atoms. The van der Waals surface area contributed by atoms with Crippen molar-refractivity contribution in [2.24, 2.45) is 5.73 Å². The molecular weight excluding hydrogens is 320 g/mol. The number of ether oxygens (including phenoxy) is 3. The Hall–Kier alpha value is -2.65. The van der Waals surface area contributed by atoms with Gasteiger partial charge in [-0.1, -0.05) is 12.1 Å². The average Bonchev–Trinajstić information content (AvgIpc) is 2.60. The Labute approximate surface area is 138 Å². The third-order valence-corrected chi connectivity index (χ3v) is 3.72. The number of rotatable bonds is 4. The van der Waals surface area contributed by atoms with E-state index in [1.54, 1.807) is 31.4 Å². The van der Waals surface area contributed by atoms with Gasteiger partial charge >= 0.3 is 5.97 Å². The number of alkyl halides is 1. The third-order valence-electron chi connectivity index (χ3n) is 3.47. The van der Waals surface area contributed by atoms with Crippen molar-refractivity contribution in [2.45, 2.75) is 5.92 Å². The molecule has 1 aliphatic heterocycles. The zero-order valence-electron chi connectivity index (χ0n) is 12.6. The predicted molar refractivity (Wildman–Crippen MR) is 83.4 cm³/mol. The lowest BCUT2D eigenvalue weighted by molar-refractivity contribution is -0.136. The number of methoxy groups -OCH3 is 2. The number of hydrogen-bond donors (Lipinski definition) is 1. The molecule has 1 aromatic rings. The van der Waals surface area contributed by atoms with E-state index in [0.717, 1.165) is 0 Å². The van der Waals surface area contributed by atoms with Gasteiger partial charge in [0, 0.05) is 0 Å². The van der Waals surface area contributed by atoms with Gasteiger partial charge in [0.05, 0.1) is 31.6 Å². The average molecular weight is 335 g/mol. The van der Waals surface area contributed by atoms with E-state index < -0.39 is 11.9 Å². The first-order valence-corrected chi connectivity index (χ1v) is 7.19. The Kier molecular flexibility index (Phi) is 5.14. The number of carbonyl (C=O) groups excluding carboxylic acids is 1. The van der Waals surface area contributed by atoms with Gasteiger partial charge < -0.3 is 19.9 Å². The molecule has 1 heterocycles. The predicted octanol–water partition coefficient (Wildman–Crippen LogP) is 2.17. The van der Waals surface area contributed by atoms with Gasteiger partial charge in [0.15, 0.2) is 0 Å². The number of nitrogens with two attached hydrogens (primary N) is 1. The molecule has 0 saturated heterocycles. The van der Waals surface area contributed by atoms with E-state index in [0.29, 0.717) is 11.3 Å². The summed E-state index contributed by atoms with van der Waals surface area (Å²) in [5.74, 6) is -0.649. The van der Waals surface area contributed by atoms with E-state index in [2.05, 4.69) is 0 Å². The molecule has 0 aromatic heterocycles. The molecule has 1 aromatic carbocycles. The fourth-order valence-electron chi connectivity index (χ4n) is 2.38. The zero-order chi connectivity index (χ0) is 17.0. The number of nitriles is 1. The summed E-state index contributed by atoms with van der Waals surface area (Å²) in [5, 5.41) is 9.42. The lowest BCUT2D eigenvalue weighted by Crippen LogP contribution is -2.26. The van der Waals surface area contributed by atoms with Crippen LogP contribution >= 0.6 is 11.6 Å². The Morgan fingerprint density at radius 1 is 1.39 bits per heavy atom. The topological polar surface area (TPSA) is 94.6 Å². The molecule has 120 valence electrons. The fraction of sp³-hybridized carbons (Fsp3) is 0.250. The minimum absolute atomic E-state index is 0.0726. The highest BCUT2D eigenvalue weighted by Crippen LogP contribution is 2.40. The van der Waals surface area contributed by atoms with Gasteiger partial charge in [-0.2, -0.15) is 5.26 Å². The Balaban J connectivity index is 2.63. The van der Waals surface area contributed by atoms with Gasteiger partial charge in [-0.3, -0.25) is 0 Å². The van der Waals surface area contributed by atoms with Crippen molar-refractivity contribution in [3.63, 3.8) is 0 Å². The van der Waals surface area contributed by atoms with Crippen molar-refractivity contribution < 1.29 is 19.0 Å². The summed E-state index contributed by atoms with van der Waals surface area (Å²) < 4.78 is 15.3. The van der Waals surface area contributed by atoms with Crippen LogP contribution in [0, 0.1) is 11.3 Å². The van der Waals surface area contributed by atoms with Gasteiger partial charge in [0.1, 0.15) is 23.2 Å². The lowest BCUT2D eigenvalue weighted by Gasteiger charge is -2.27. The van der Waals surface area contributed by atoms with Crippen molar-refractivity contribution in [1.29, 1.82) is 5.26 Å². The maximum Gasteiger partial charge on any atom is 0.338 e. The molecule has 1 atom stereocenters. The molecule has 0 unspecified atom stereocenters. The summed E-state index contributed by atoms with van der Waals surface area (Å²) in [4.78, 5) is 12.2. The molecule has 0 saturated carbocycles. The molecule has 2 rings (SSSR count). The minimum Gasteiger partial charge on any atom is -0.497 e.